The summed E-state index contributed by atoms with van der Waals surface area (Å²) in [5.74, 6) is 1.09. The van der Waals surface area contributed by atoms with Crippen LogP contribution in [0.4, 0.5) is 33.2 Å². The number of halogens is 2. The molecule has 0 spiro atoms. The predicted molar refractivity (Wildman–Crippen MR) is 151 cm³/mol. The van der Waals surface area contributed by atoms with Gasteiger partial charge in [-0.3, -0.25) is 9.69 Å². The lowest BCUT2D eigenvalue weighted by molar-refractivity contribution is -0.111. The van der Waals surface area contributed by atoms with Crippen molar-refractivity contribution in [2.24, 2.45) is 0 Å². The fraction of sp³-hybridized carbons (Fsp3) is 0.500. The molecule has 38 heavy (non-hydrogen) atoms. The fourth-order valence-corrected chi connectivity index (χ4v) is 4.96. The first-order valence-corrected chi connectivity index (χ1v) is 13.1. The number of piperidine rings is 1. The van der Waals surface area contributed by atoms with Crippen molar-refractivity contribution < 1.29 is 13.9 Å². The van der Waals surface area contributed by atoms with Crippen molar-refractivity contribution in [3.05, 3.63) is 36.0 Å². The third-order valence-electron chi connectivity index (χ3n) is 6.99. The molecule has 2 fully saturated rings. The second-order valence-electron chi connectivity index (χ2n) is 9.75. The molecule has 2 aromatic rings. The lowest BCUT2D eigenvalue weighted by Crippen LogP contribution is -2.55. The molecule has 3 heterocycles. The highest BCUT2D eigenvalue weighted by atomic mass is 35.5. The third-order valence-corrected chi connectivity index (χ3v) is 7.26. The number of methoxy groups -OCH3 is 1. The summed E-state index contributed by atoms with van der Waals surface area (Å²) in [5, 5.41) is 9.83. The van der Waals surface area contributed by atoms with Gasteiger partial charge in [0, 0.05) is 44.8 Å². The third kappa shape index (κ3) is 6.64. The van der Waals surface area contributed by atoms with Gasteiger partial charge >= 0.3 is 0 Å². The first-order valence-electron chi connectivity index (χ1n) is 12.7. The van der Waals surface area contributed by atoms with E-state index in [2.05, 4.69) is 56.4 Å². The van der Waals surface area contributed by atoms with Crippen LogP contribution in [0.5, 0.6) is 5.75 Å². The molecule has 206 valence electrons. The van der Waals surface area contributed by atoms with E-state index in [9.17, 15) is 9.18 Å². The van der Waals surface area contributed by atoms with Crippen LogP contribution < -0.4 is 25.6 Å². The number of amides is 1. The molecular weight excluding hydrogens is 511 g/mol. The Labute approximate surface area is 228 Å². The number of hydrogen-bond donors (Lipinski definition) is 3. The summed E-state index contributed by atoms with van der Waals surface area (Å²) in [7, 11) is 5.81. The van der Waals surface area contributed by atoms with Crippen LogP contribution in [0.25, 0.3) is 0 Å². The number of likely N-dealkylation sites (tertiary alicyclic amines) is 1. The summed E-state index contributed by atoms with van der Waals surface area (Å²) < 4.78 is 18.3. The van der Waals surface area contributed by atoms with E-state index in [1.807, 2.05) is 17.0 Å². The van der Waals surface area contributed by atoms with E-state index in [-0.39, 0.29) is 18.6 Å². The van der Waals surface area contributed by atoms with Gasteiger partial charge in [-0.25, -0.2) is 9.37 Å². The highest BCUT2D eigenvalue weighted by Gasteiger charge is 2.27. The number of nitrogens with zero attached hydrogens (tertiary/aromatic N) is 5. The zero-order valence-corrected chi connectivity index (χ0v) is 22.9. The number of alkyl halides is 1. The number of ether oxygens (including phenoxy) is 1. The summed E-state index contributed by atoms with van der Waals surface area (Å²) >= 11 is 6.34. The van der Waals surface area contributed by atoms with Crippen molar-refractivity contribution in [1.82, 2.24) is 19.8 Å². The van der Waals surface area contributed by atoms with Gasteiger partial charge < -0.3 is 30.5 Å². The van der Waals surface area contributed by atoms with Gasteiger partial charge in [0.05, 0.1) is 36.4 Å². The lowest BCUT2D eigenvalue weighted by atomic mass is 10.0. The Morgan fingerprint density at radius 3 is 2.66 bits per heavy atom. The van der Waals surface area contributed by atoms with Crippen LogP contribution in [0.15, 0.2) is 31.0 Å². The minimum atomic E-state index is -0.362. The molecule has 1 aromatic heterocycles. The molecule has 2 saturated heterocycles. The Morgan fingerprint density at radius 1 is 1.29 bits per heavy atom. The average molecular weight is 547 g/mol. The second-order valence-corrected chi connectivity index (χ2v) is 10.2. The van der Waals surface area contributed by atoms with Crippen molar-refractivity contribution in [3.63, 3.8) is 0 Å². The minimum Gasteiger partial charge on any atom is -0.494 e. The molecule has 0 radical (unpaired) electrons. The molecule has 4 rings (SSSR count). The van der Waals surface area contributed by atoms with Crippen molar-refractivity contribution in [3.8, 4) is 5.75 Å². The number of benzene rings is 1. The van der Waals surface area contributed by atoms with E-state index in [1.165, 1.54) is 12.3 Å². The highest BCUT2D eigenvalue weighted by Crippen LogP contribution is 2.39. The number of anilines is 5. The summed E-state index contributed by atoms with van der Waals surface area (Å²) in [6, 6.07) is 4.39. The molecule has 2 aliphatic rings. The van der Waals surface area contributed by atoms with E-state index in [4.69, 9.17) is 16.3 Å². The zero-order chi connectivity index (χ0) is 27.2. The summed E-state index contributed by atoms with van der Waals surface area (Å²) in [5.41, 5.74) is 2.10. The molecule has 0 unspecified atom stereocenters. The number of nitrogens with one attached hydrogen (secondary N) is 3. The van der Waals surface area contributed by atoms with Crippen molar-refractivity contribution in [1.29, 1.82) is 0 Å². The van der Waals surface area contributed by atoms with Gasteiger partial charge in [-0.1, -0.05) is 18.2 Å². The van der Waals surface area contributed by atoms with Gasteiger partial charge in [-0.15, -0.1) is 0 Å². The van der Waals surface area contributed by atoms with Crippen LogP contribution in [0.1, 0.15) is 12.8 Å². The Balaban J connectivity index is 1.56. The summed E-state index contributed by atoms with van der Waals surface area (Å²) in [4.78, 5) is 27.7. The van der Waals surface area contributed by atoms with Crippen LogP contribution in [0, 0.1) is 0 Å². The number of rotatable bonds is 11. The molecule has 0 bridgehead atoms. The second kappa shape index (κ2) is 12.6. The zero-order valence-electron chi connectivity index (χ0n) is 22.1. The van der Waals surface area contributed by atoms with Crippen molar-refractivity contribution in [2.45, 2.75) is 24.9 Å². The predicted octanol–water partition coefficient (Wildman–Crippen LogP) is 3.60. The lowest BCUT2D eigenvalue weighted by Gasteiger charge is -2.39. The molecule has 0 saturated carbocycles. The van der Waals surface area contributed by atoms with Gasteiger partial charge in [0.25, 0.3) is 0 Å². The molecule has 10 nitrogen and oxygen atoms in total. The van der Waals surface area contributed by atoms with E-state index < -0.39 is 0 Å². The monoisotopic (exact) mass is 546 g/mol. The molecule has 1 amide bonds. The molecule has 0 atom stereocenters. The minimum absolute atomic E-state index is 0.132. The Hall–Kier alpha value is -3.15. The van der Waals surface area contributed by atoms with Crippen LogP contribution in [0.2, 0.25) is 5.02 Å². The van der Waals surface area contributed by atoms with Gasteiger partial charge in [0.15, 0.2) is 5.82 Å². The average Bonchev–Trinajstić information content (AvgIpc) is 2.89. The van der Waals surface area contributed by atoms with Gasteiger partial charge in [0.1, 0.15) is 17.4 Å². The van der Waals surface area contributed by atoms with E-state index in [1.54, 1.807) is 7.11 Å². The largest absolute Gasteiger partial charge is 0.494 e. The maximum atomic E-state index is 12.5. The maximum Gasteiger partial charge on any atom is 0.247 e. The first-order chi connectivity index (χ1) is 18.3. The molecule has 3 N–H and O–H groups in total. The number of carbonyl (C=O) groups is 1. The van der Waals surface area contributed by atoms with Crippen LogP contribution in [-0.2, 0) is 4.79 Å². The Kier molecular flexibility index (Phi) is 9.24. The van der Waals surface area contributed by atoms with E-state index in [0.717, 1.165) is 44.7 Å². The molecule has 1 aromatic carbocycles. The Morgan fingerprint density at radius 2 is 2.03 bits per heavy atom. The Bertz CT molecular complexity index is 1140. The van der Waals surface area contributed by atoms with Gasteiger partial charge in [-0.2, -0.15) is 4.98 Å². The fourth-order valence-electron chi connectivity index (χ4n) is 4.81. The SMILES string of the molecule is C=CC(=O)Nc1cc(Nc2ncc(Cl)c(NC3CN(CCF)C3)n2)c(OC)cc1N1CCC(N(C)C)CC1. The highest BCUT2D eigenvalue weighted by molar-refractivity contribution is 6.32. The van der Waals surface area contributed by atoms with Crippen LogP contribution in [-0.4, -0.2) is 98.4 Å². The number of hydrogen-bond acceptors (Lipinski definition) is 9. The normalized spacial score (nSPS) is 16.7. The maximum absolute atomic E-state index is 12.5. The quantitative estimate of drug-likeness (QED) is 0.365. The summed E-state index contributed by atoms with van der Waals surface area (Å²) in [6.07, 6.45) is 4.80. The first kappa shape index (κ1) is 27.9. The van der Waals surface area contributed by atoms with E-state index >= 15 is 0 Å². The molecular formula is C26H36ClFN8O2. The van der Waals surface area contributed by atoms with Crippen molar-refractivity contribution in [2.75, 3.05) is 81.5 Å². The molecule has 12 heteroatoms. The van der Waals surface area contributed by atoms with Gasteiger partial charge in [0.2, 0.25) is 11.9 Å². The topological polar surface area (TPSA) is 97.9 Å². The number of aromatic nitrogens is 2. The smallest absolute Gasteiger partial charge is 0.247 e. The number of carbonyl (C=O) groups excluding carboxylic acids is 1. The van der Waals surface area contributed by atoms with E-state index in [0.29, 0.717) is 46.5 Å². The van der Waals surface area contributed by atoms with Crippen LogP contribution >= 0.6 is 11.6 Å². The standard InChI is InChI=1S/C26H36ClFN8O2/c1-5-24(37)31-20-12-21(23(38-4)13-22(20)36-9-6-18(7-10-36)34(2)3)32-26-29-14-19(27)25(33-26)30-17-15-35(16-17)11-8-28/h5,12-14,17-18H,1,6-11,15-16H2,2-4H3,(H,31,37)(H2,29,30,32,33). The van der Waals surface area contributed by atoms with Crippen molar-refractivity contribution >= 4 is 46.3 Å². The molecule has 2 aliphatic heterocycles. The van der Waals surface area contributed by atoms with Gasteiger partial charge in [-0.05, 0) is 39.1 Å². The summed E-state index contributed by atoms with van der Waals surface area (Å²) in [6.45, 7) is 6.81. The van der Waals surface area contributed by atoms with Crippen LogP contribution in [0.3, 0.4) is 0 Å². The molecule has 0 aliphatic carbocycles.